The number of amides is 1. The third kappa shape index (κ3) is 11.0. The summed E-state index contributed by atoms with van der Waals surface area (Å²) in [5.41, 5.74) is 5.01. The van der Waals surface area contributed by atoms with Gasteiger partial charge in [-0.25, -0.2) is 9.37 Å². The van der Waals surface area contributed by atoms with Gasteiger partial charge in [-0.2, -0.15) is 0 Å². The molecule has 1 saturated heterocycles. The molecule has 11 heteroatoms. The van der Waals surface area contributed by atoms with Crippen molar-refractivity contribution in [1.29, 1.82) is 0 Å². The first-order valence-electron chi connectivity index (χ1n) is 16.5. The lowest BCUT2D eigenvalue weighted by Gasteiger charge is -2.34. The van der Waals surface area contributed by atoms with Crippen molar-refractivity contribution in [3.05, 3.63) is 148 Å². The molecule has 1 aliphatic rings. The highest BCUT2D eigenvalue weighted by Crippen LogP contribution is 2.34. The van der Waals surface area contributed by atoms with Crippen molar-refractivity contribution < 1.29 is 23.4 Å². The maximum absolute atomic E-state index is 13.1. The number of hydrogen-bond donors (Lipinski definition) is 0. The van der Waals surface area contributed by atoms with Crippen LogP contribution in [-0.2, 0) is 24.4 Å². The maximum Gasteiger partial charge on any atom is 0.246 e. The third-order valence-electron chi connectivity index (χ3n) is 8.30. The molecule has 51 heavy (non-hydrogen) atoms. The van der Waals surface area contributed by atoms with E-state index >= 15 is 0 Å². The van der Waals surface area contributed by atoms with Crippen molar-refractivity contribution >= 4 is 36.0 Å². The number of ether oxygens (including phenoxy) is 3. The number of pyridine rings is 2. The summed E-state index contributed by atoms with van der Waals surface area (Å²) in [6.45, 7) is 6.58. The highest BCUT2D eigenvalue weighted by Gasteiger charge is 2.20. The zero-order valence-electron chi connectivity index (χ0n) is 28.2. The van der Waals surface area contributed by atoms with E-state index in [4.69, 9.17) is 25.8 Å². The lowest BCUT2D eigenvalue weighted by atomic mass is 10.1. The second kappa shape index (κ2) is 18.3. The second-order valence-corrected chi connectivity index (χ2v) is 12.4. The molecule has 0 bridgehead atoms. The van der Waals surface area contributed by atoms with Crippen LogP contribution < -0.4 is 14.2 Å². The smallest absolute Gasteiger partial charge is 0.246 e. The van der Waals surface area contributed by atoms with Gasteiger partial charge in [0.15, 0.2) is 5.75 Å². The van der Waals surface area contributed by atoms with E-state index in [0.29, 0.717) is 54.5 Å². The van der Waals surface area contributed by atoms with Crippen molar-refractivity contribution in [2.24, 2.45) is 0 Å². The van der Waals surface area contributed by atoms with Crippen molar-refractivity contribution in [3.63, 3.8) is 0 Å². The minimum Gasteiger partial charge on any atom is -0.493 e. The van der Waals surface area contributed by atoms with E-state index in [1.165, 1.54) is 23.3 Å². The second-order valence-electron chi connectivity index (χ2n) is 12.0. The summed E-state index contributed by atoms with van der Waals surface area (Å²) in [5.74, 6) is 1.88. The van der Waals surface area contributed by atoms with Crippen LogP contribution in [0, 0.1) is 12.7 Å². The van der Waals surface area contributed by atoms with Crippen LogP contribution in [0.5, 0.6) is 23.1 Å². The SMILES string of the molecule is Cc1cc(/C=C/C(=O)N2CCN(Cc3ccc(CCOc4ccc(F)cc4)cc3)CC2)cc(Cl)c1Oc1ccc(OCc2cccnc2)cn1.Cl. The summed E-state index contributed by atoms with van der Waals surface area (Å²) < 4.78 is 30.5. The van der Waals surface area contributed by atoms with Crippen LogP contribution in [0.4, 0.5) is 4.39 Å². The van der Waals surface area contributed by atoms with Gasteiger partial charge in [-0.1, -0.05) is 41.9 Å². The molecular formula is C40H39Cl2FN4O4. The van der Waals surface area contributed by atoms with Crippen LogP contribution in [-0.4, -0.2) is 58.5 Å². The maximum atomic E-state index is 13.1. The van der Waals surface area contributed by atoms with Crippen molar-refractivity contribution in [1.82, 2.24) is 19.8 Å². The molecule has 3 heterocycles. The Labute approximate surface area is 308 Å². The molecule has 0 radical (unpaired) electrons. The summed E-state index contributed by atoms with van der Waals surface area (Å²) in [6.07, 6.45) is 9.24. The normalized spacial score (nSPS) is 13.1. The minimum atomic E-state index is -0.273. The summed E-state index contributed by atoms with van der Waals surface area (Å²) in [5, 5.41) is 0.427. The van der Waals surface area contributed by atoms with Gasteiger partial charge in [0, 0.05) is 69.2 Å². The zero-order chi connectivity index (χ0) is 34.7. The Bertz CT molecular complexity index is 1860. The fourth-order valence-corrected chi connectivity index (χ4v) is 5.85. The molecule has 0 atom stereocenters. The largest absolute Gasteiger partial charge is 0.493 e. The van der Waals surface area contributed by atoms with Crippen LogP contribution in [0.25, 0.3) is 6.08 Å². The summed E-state index contributed by atoms with van der Waals surface area (Å²) in [4.78, 5) is 25.7. The number of carbonyl (C=O) groups is 1. The van der Waals surface area contributed by atoms with Crippen LogP contribution in [0.1, 0.15) is 27.8 Å². The van der Waals surface area contributed by atoms with E-state index in [1.807, 2.05) is 30.0 Å². The number of benzene rings is 3. The van der Waals surface area contributed by atoms with Gasteiger partial charge in [0.2, 0.25) is 11.8 Å². The van der Waals surface area contributed by atoms with E-state index in [2.05, 4.69) is 39.1 Å². The van der Waals surface area contributed by atoms with Gasteiger partial charge in [0.1, 0.15) is 23.9 Å². The van der Waals surface area contributed by atoms with E-state index in [-0.39, 0.29) is 24.1 Å². The molecule has 0 saturated carbocycles. The predicted octanol–water partition coefficient (Wildman–Crippen LogP) is 8.35. The van der Waals surface area contributed by atoms with Crippen molar-refractivity contribution in [3.8, 4) is 23.1 Å². The number of piperazine rings is 1. The van der Waals surface area contributed by atoms with Crippen LogP contribution >= 0.6 is 24.0 Å². The monoisotopic (exact) mass is 728 g/mol. The Morgan fingerprint density at radius 1 is 0.882 bits per heavy atom. The Kier molecular flexibility index (Phi) is 13.4. The van der Waals surface area contributed by atoms with Gasteiger partial charge in [-0.3, -0.25) is 14.7 Å². The average molecular weight is 730 g/mol. The molecule has 8 nitrogen and oxygen atoms in total. The Morgan fingerprint density at radius 2 is 1.63 bits per heavy atom. The highest BCUT2D eigenvalue weighted by molar-refractivity contribution is 6.32. The van der Waals surface area contributed by atoms with Gasteiger partial charge in [0.25, 0.3) is 0 Å². The van der Waals surface area contributed by atoms with Gasteiger partial charge in [-0.05, 0) is 83.8 Å². The number of hydrogen-bond acceptors (Lipinski definition) is 7. The van der Waals surface area contributed by atoms with Gasteiger partial charge in [-0.15, -0.1) is 12.4 Å². The zero-order valence-corrected chi connectivity index (χ0v) is 29.8. The lowest BCUT2D eigenvalue weighted by molar-refractivity contribution is -0.127. The highest BCUT2D eigenvalue weighted by atomic mass is 35.5. The average Bonchev–Trinajstić information content (AvgIpc) is 3.14. The number of nitrogens with zero attached hydrogens (tertiary/aromatic N) is 4. The summed E-state index contributed by atoms with van der Waals surface area (Å²) in [7, 11) is 0. The Balaban J connectivity index is 0.00000504. The molecule has 0 spiro atoms. The standard InChI is InChI=1S/C40H38ClFN4O4.ClH/c1-29-23-32(24-37(41)40(29)50-38-14-13-36(26-44-38)49-28-33-3-2-17-43-25-33)8-15-39(47)46-20-18-45(19-21-46)27-31-6-4-30(5-7-31)16-22-48-35-11-9-34(42)10-12-35;/h2-15,17,23-26H,16,18-22,27-28H2,1H3;1H/b15-8+;. The molecule has 2 aromatic heterocycles. The van der Waals surface area contributed by atoms with E-state index in [1.54, 1.807) is 61.1 Å². The molecule has 1 fully saturated rings. The number of aryl methyl sites for hydroxylation is 1. The lowest BCUT2D eigenvalue weighted by Crippen LogP contribution is -2.47. The quantitative estimate of drug-likeness (QED) is 0.113. The topological polar surface area (TPSA) is 77.0 Å². The molecule has 0 N–H and O–H groups in total. The summed E-state index contributed by atoms with van der Waals surface area (Å²) >= 11 is 6.60. The molecule has 0 unspecified atom stereocenters. The number of carbonyl (C=O) groups excluding carboxylic acids is 1. The van der Waals surface area contributed by atoms with Crippen molar-refractivity contribution in [2.45, 2.75) is 26.5 Å². The molecule has 1 amide bonds. The van der Waals surface area contributed by atoms with E-state index < -0.39 is 0 Å². The van der Waals surface area contributed by atoms with Gasteiger partial charge < -0.3 is 19.1 Å². The Morgan fingerprint density at radius 3 is 2.31 bits per heavy atom. The number of aromatic nitrogens is 2. The van der Waals surface area contributed by atoms with Gasteiger partial charge in [0.05, 0.1) is 17.8 Å². The minimum absolute atomic E-state index is 0. The number of rotatable bonds is 13. The number of halogens is 3. The van der Waals surface area contributed by atoms with Crippen LogP contribution in [0.3, 0.4) is 0 Å². The molecule has 0 aliphatic carbocycles. The molecular weight excluding hydrogens is 690 g/mol. The van der Waals surface area contributed by atoms with E-state index in [9.17, 15) is 9.18 Å². The van der Waals surface area contributed by atoms with Crippen LogP contribution in [0.15, 0.2) is 110 Å². The van der Waals surface area contributed by atoms with Crippen LogP contribution in [0.2, 0.25) is 5.02 Å². The van der Waals surface area contributed by atoms with Crippen molar-refractivity contribution in [2.75, 3.05) is 32.8 Å². The molecule has 3 aromatic carbocycles. The first-order chi connectivity index (χ1) is 24.4. The molecule has 6 rings (SSSR count). The Hall–Kier alpha value is -4.96. The fourth-order valence-electron chi connectivity index (χ4n) is 5.54. The van der Waals surface area contributed by atoms with E-state index in [0.717, 1.165) is 42.7 Å². The third-order valence-corrected chi connectivity index (χ3v) is 8.58. The molecule has 264 valence electrons. The first-order valence-corrected chi connectivity index (χ1v) is 16.9. The summed E-state index contributed by atoms with van der Waals surface area (Å²) in [6, 6.07) is 25.6. The molecule has 1 aliphatic heterocycles. The fraction of sp³-hybridized carbons (Fsp3) is 0.225. The predicted molar refractivity (Wildman–Crippen MR) is 199 cm³/mol. The van der Waals surface area contributed by atoms with Gasteiger partial charge >= 0.3 is 0 Å². The molecule has 5 aromatic rings. The first kappa shape index (κ1) is 37.3.